The summed E-state index contributed by atoms with van der Waals surface area (Å²) >= 11 is 1.68. The van der Waals surface area contributed by atoms with E-state index in [1.807, 2.05) is 0 Å². The Morgan fingerprint density at radius 2 is 1.95 bits per heavy atom. The highest BCUT2D eigenvalue weighted by Crippen LogP contribution is 2.35. The number of hydrogen-bond donors (Lipinski definition) is 1. The summed E-state index contributed by atoms with van der Waals surface area (Å²) in [6.45, 7) is 0. The molecule has 2 aromatic carbocycles. The Morgan fingerprint density at radius 3 is 2.77 bits per heavy atom. The highest BCUT2D eigenvalue weighted by atomic mass is 32.1. The average Bonchev–Trinajstić information content (AvgIpc) is 3.19. The predicted octanol–water partition coefficient (Wildman–Crippen LogP) is 4.57. The van der Waals surface area contributed by atoms with Gasteiger partial charge in [0, 0.05) is 17.5 Å². The zero-order valence-electron chi connectivity index (χ0n) is 12.3. The van der Waals surface area contributed by atoms with E-state index in [4.69, 9.17) is 0 Å². The van der Waals surface area contributed by atoms with Crippen molar-refractivity contribution >= 4 is 33.7 Å². The zero-order chi connectivity index (χ0) is 14.9. The molecule has 0 saturated carbocycles. The van der Waals surface area contributed by atoms with Crippen LogP contribution in [-0.4, -0.2) is 5.91 Å². The van der Waals surface area contributed by atoms with E-state index in [0.29, 0.717) is 6.42 Å². The van der Waals surface area contributed by atoms with E-state index in [1.54, 1.807) is 11.3 Å². The fraction of sp³-hybridized carbons (Fsp3) is 0.211. The Kier molecular flexibility index (Phi) is 3.43. The van der Waals surface area contributed by atoms with Crippen LogP contribution in [0, 0.1) is 0 Å². The molecule has 0 spiro atoms. The highest BCUT2D eigenvalue weighted by Gasteiger charge is 2.16. The Balaban J connectivity index is 1.56. The SMILES string of the molecule is O=C(CCc1ccsc1)Nc1ccc2c3c(cccc13)CC2. The van der Waals surface area contributed by atoms with Crippen LogP contribution in [0.5, 0.6) is 0 Å². The first-order chi connectivity index (χ1) is 10.8. The van der Waals surface area contributed by atoms with Crippen molar-refractivity contribution in [3.05, 3.63) is 63.8 Å². The standard InChI is InChI=1S/C19H17NOS/c21-18(9-4-13-10-11-22-12-13)20-17-8-7-15-6-5-14-2-1-3-16(17)19(14)15/h1-3,7-8,10-12H,4-6,9H2,(H,20,21). The molecule has 2 nitrogen and oxygen atoms in total. The molecule has 1 N–H and O–H groups in total. The quantitative estimate of drug-likeness (QED) is 0.751. The first kappa shape index (κ1) is 13.5. The molecule has 0 fully saturated rings. The second kappa shape index (κ2) is 5.58. The zero-order valence-corrected chi connectivity index (χ0v) is 13.1. The van der Waals surface area contributed by atoms with Crippen LogP contribution < -0.4 is 5.32 Å². The maximum Gasteiger partial charge on any atom is 0.224 e. The third kappa shape index (κ3) is 2.42. The lowest BCUT2D eigenvalue weighted by Crippen LogP contribution is -2.12. The van der Waals surface area contributed by atoms with Gasteiger partial charge in [-0.1, -0.05) is 24.3 Å². The first-order valence-electron chi connectivity index (χ1n) is 7.66. The third-order valence-electron chi connectivity index (χ3n) is 4.37. The fourth-order valence-corrected chi connectivity index (χ4v) is 3.96. The van der Waals surface area contributed by atoms with Gasteiger partial charge in [0.2, 0.25) is 5.91 Å². The van der Waals surface area contributed by atoms with Gasteiger partial charge in [-0.05, 0) is 64.2 Å². The van der Waals surface area contributed by atoms with Crippen molar-refractivity contribution in [3.63, 3.8) is 0 Å². The number of anilines is 1. The second-order valence-electron chi connectivity index (χ2n) is 5.79. The molecule has 1 heterocycles. The summed E-state index contributed by atoms with van der Waals surface area (Å²) < 4.78 is 0. The minimum atomic E-state index is 0.0879. The van der Waals surface area contributed by atoms with Gasteiger partial charge in [-0.2, -0.15) is 11.3 Å². The number of hydrogen-bond acceptors (Lipinski definition) is 2. The maximum atomic E-state index is 12.2. The van der Waals surface area contributed by atoms with Crippen molar-refractivity contribution in [1.82, 2.24) is 0 Å². The molecule has 22 heavy (non-hydrogen) atoms. The van der Waals surface area contributed by atoms with Crippen LogP contribution in [0.4, 0.5) is 5.69 Å². The molecule has 1 aliphatic carbocycles. The summed E-state index contributed by atoms with van der Waals surface area (Å²) in [5, 5.41) is 9.77. The van der Waals surface area contributed by atoms with Gasteiger partial charge in [0.05, 0.1) is 0 Å². The van der Waals surface area contributed by atoms with Gasteiger partial charge < -0.3 is 5.32 Å². The highest BCUT2D eigenvalue weighted by molar-refractivity contribution is 7.07. The van der Waals surface area contributed by atoms with E-state index >= 15 is 0 Å². The van der Waals surface area contributed by atoms with Gasteiger partial charge in [-0.25, -0.2) is 0 Å². The number of benzene rings is 2. The molecule has 3 aromatic rings. The predicted molar refractivity (Wildman–Crippen MR) is 92.6 cm³/mol. The summed E-state index contributed by atoms with van der Waals surface area (Å²) in [6, 6.07) is 12.7. The molecular formula is C19H17NOS. The van der Waals surface area contributed by atoms with Gasteiger partial charge in [0.25, 0.3) is 0 Å². The number of thiophene rings is 1. The Morgan fingerprint density at radius 1 is 1.09 bits per heavy atom. The summed E-state index contributed by atoms with van der Waals surface area (Å²) in [6.07, 6.45) is 3.56. The minimum absolute atomic E-state index is 0.0879. The average molecular weight is 307 g/mol. The number of amides is 1. The van der Waals surface area contributed by atoms with E-state index < -0.39 is 0 Å². The smallest absolute Gasteiger partial charge is 0.224 e. The van der Waals surface area contributed by atoms with Gasteiger partial charge >= 0.3 is 0 Å². The summed E-state index contributed by atoms with van der Waals surface area (Å²) in [4.78, 5) is 12.2. The van der Waals surface area contributed by atoms with Crippen LogP contribution >= 0.6 is 11.3 Å². The first-order valence-corrected chi connectivity index (χ1v) is 8.60. The van der Waals surface area contributed by atoms with E-state index in [2.05, 4.69) is 52.5 Å². The van der Waals surface area contributed by atoms with Crippen LogP contribution in [-0.2, 0) is 24.1 Å². The molecule has 0 atom stereocenters. The molecule has 0 saturated heterocycles. The molecule has 1 amide bonds. The van der Waals surface area contributed by atoms with Crippen LogP contribution in [0.2, 0.25) is 0 Å². The monoisotopic (exact) mass is 307 g/mol. The lowest BCUT2D eigenvalue weighted by molar-refractivity contribution is -0.116. The van der Waals surface area contributed by atoms with E-state index in [0.717, 1.165) is 24.9 Å². The molecular weight excluding hydrogens is 290 g/mol. The molecule has 4 rings (SSSR count). The molecule has 0 bridgehead atoms. The summed E-state index contributed by atoms with van der Waals surface area (Å²) in [5.41, 5.74) is 4.99. The summed E-state index contributed by atoms with van der Waals surface area (Å²) in [5.74, 6) is 0.0879. The van der Waals surface area contributed by atoms with Crippen molar-refractivity contribution in [3.8, 4) is 0 Å². The van der Waals surface area contributed by atoms with E-state index in [9.17, 15) is 4.79 Å². The normalized spacial score (nSPS) is 12.7. The Hall–Kier alpha value is -2.13. The molecule has 0 aliphatic heterocycles. The van der Waals surface area contributed by atoms with Crippen molar-refractivity contribution in [2.75, 3.05) is 5.32 Å². The molecule has 3 heteroatoms. The largest absolute Gasteiger partial charge is 0.326 e. The molecule has 0 radical (unpaired) electrons. The van der Waals surface area contributed by atoms with Crippen LogP contribution in [0.15, 0.2) is 47.2 Å². The minimum Gasteiger partial charge on any atom is -0.326 e. The van der Waals surface area contributed by atoms with E-state index in [1.165, 1.54) is 27.5 Å². The lowest BCUT2D eigenvalue weighted by Gasteiger charge is -2.10. The van der Waals surface area contributed by atoms with Gasteiger partial charge in [0.15, 0.2) is 0 Å². The van der Waals surface area contributed by atoms with Gasteiger partial charge in [-0.15, -0.1) is 0 Å². The fourth-order valence-electron chi connectivity index (χ4n) is 3.26. The van der Waals surface area contributed by atoms with Gasteiger partial charge in [-0.3, -0.25) is 4.79 Å². The van der Waals surface area contributed by atoms with Crippen LogP contribution in [0.25, 0.3) is 10.8 Å². The number of nitrogens with one attached hydrogen (secondary N) is 1. The lowest BCUT2D eigenvalue weighted by atomic mass is 10.0. The number of rotatable bonds is 4. The van der Waals surface area contributed by atoms with Crippen LogP contribution in [0.3, 0.4) is 0 Å². The van der Waals surface area contributed by atoms with Crippen molar-refractivity contribution in [2.24, 2.45) is 0 Å². The molecule has 0 unspecified atom stereocenters. The van der Waals surface area contributed by atoms with Crippen molar-refractivity contribution < 1.29 is 4.79 Å². The maximum absolute atomic E-state index is 12.2. The number of aryl methyl sites for hydroxylation is 3. The van der Waals surface area contributed by atoms with E-state index in [-0.39, 0.29) is 5.91 Å². The molecule has 110 valence electrons. The second-order valence-corrected chi connectivity index (χ2v) is 6.57. The topological polar surface area (TPSA) is 29.1 Å². The van der Waals surface area contributed by atoms with Crippen molar-refractivity contribution in [1.29, 1.82) is 0 Å². The Labute approximate surface area is 133 Å². The third-order valence-corrected chi connectivity index (χ3v) is 5.10. The Bertz CT molecular complexity index is 826. The number of carbonyl (C=O) groups is 1. The number of carbonyl (C=O) groups excluding carboxylic acids is 1. The van der Waals surface area contributed by atoms with Crippen LogP contribution in [0.1, 0.15) is 23.1 Å². The molecule has 1 aliphatic rings. The van der Waals surface area contributed by atoms with Gasteiger partial charge in [0.1, 0.15) is 0 Å². The summed E-state index contributed by atoms with van der Waals surface area (Å²) in [7, 11) is 0. The van der Waals surface area contributed by atoms with Crippen molar-refractivity contribution in [2.45, 2.75) is 25.7 Å². The molecule has 1 aromatic heterocycles.